The van der Waals surface area contributed by atoms with Crippen LogP contribution in [0.15, 0.2) is 18.2 Å². The second kappa shape index (κ2) is 5.26. The van der Waals surface area contributed by atoms with Gasteiger partial charge < -0.3 is 10.5 Å². The molecule has 0 bridgehead atoms. The Morgan fingerprint density at radius 3 is 2.19 bits per heavy atom. The zero-order valence-corrected chi connectivity index (χ0v) is 11.3. The van der Waals surface area contributed by atoms with Crippen LogP contribution in [0.1, 0.15) is 27.2 Å². The van der Waals surface area contributed by atoms with Crippen LogP contribution in [0.5, 0.6) is 5.75 Å². The summed E-state index contributed by atoms with van der Waals surface area (Å²) in [5.74, 6) is 0.670. The molecule has 0 aromatic heterocycles. The molecule has 0 aliphatic rings. The maximum Gasteiger partial charge on any atom is 0.123 e. The second-order valence-electron chi connectivity index (χ2n) is 4.65. The average molecular weight is 262 g/mol. The first kappa shape index (κ1) is 13.6. The quantitative estimate of drug-likeness (QED) is 0.893. The molecule has 90 valence electrons. The van der Waals surface area contributed by atoms with E-state index < -0.39 is 0 Å². The number of benzene rings is 1. The molecule has 0 spiro atoms. The predicted octanol–water partition coefficient (Wildman–Crippen LogP) is 3.89. The van der Waals surface area contributed by atoms with Crippen molar-refractivity contribution in [3.05, 3.63) is 28.2 Å². The third-order valence-corrected chi connectivity index (χ3v) is 2.48. The minimum atomic E-state index is -0.331. The molecule has 0 saturated heterocycles. The van der Waals surface area contributed by atoms with Crippen LogP contribution in [-0.2, 0) is 0 Å². The summed E-state index contributed by atoms with van der Waals surface area (Å²) in [4.78, 5) is 0. The van der Waals surface area contributed by atoms with Crippen molar-refractivity contribution < 1.29 is 4.74 Å². The average Bonchev–Trinajstić information content (AvgIpc) is 1.95. The summed E-state index contributed by atoms with van der Waals surface area (Å²) >= 11 is 11.8. The molecule has 4 heteroatoms. The monoisotopic (exact) mass is 261 g/mol. The molecule has 1 aromatic carbocycles. The molecule has 0 amide bonds. The van der Waals surface area contributed by atoms with Crippen LogP contribution in [0.2, 0.25) is 10.0 Å². The van der Waals surface area contributed by atoms with Gasteiger partial charge in [0.1, 0.15) is 11.4 Å². The lowest BCUT2D eigenvalue weighted by atomic mass is 10.0. The van der Waals surface area contributed by atoms with Gasteiger partial charge in [-0.05, 0) is 39.0 Å². The maximum absolute atomic E-state index is 5.90. The lowest BCUT2D eigenvalue weighted by Gasteiger charge is -2.28. The number of hydrogen-bond acceptors (Lipinski definition) is 2. The lowest BCUT2D eigenvalue weighted by molar-refractivity contribution is 0.0933. The van der Waals surface area contributed by atoms with Crippen molar-refractivity contribution in [2.24, 2.45) is 5.73 Å². The molecule has 1 unspecified atom stereocenters. The zero-order chi connectivity index (χ0) is 12.3. The molecule has 1 aromatic rings. The smallest absolute Gasteiger partial charge is 0.123 e. The van der Waals surface area contributed by atoms with E-state index in [9.17, 15) is 0 Å². The Morgan fingerprint density at radius 1 is 1.25 bits per heavy atom. The molecule has 1 atom stereocenters. The second-order valence-corrected chi connectivity index (χ2v) is 5.52. The van der Waals surface area contributed by atoms with E-state index in [1.54, 1.807) is 18.2 Å². The molecule has 0 saturated carbocycles. The van der Waals surface area contributed by atoms with Gasteiger partial charge in [0.05, 0.1) is 0 Å². The molecule has 1 rings (SSSR count). The lowest BCUT2D eigenvalue weighted by Crippen LogP contribution is -2.35. The summed E-state index contributed by atoms with van der Waals surface area (Å²) in [5, 5.41) is 1.14. The van der Waals surface area contributed by atoms with Crippen molar-refractivity contribution in [1.29, 1.82) is 0 Å². The first-order valence-corrected chi connectivity index (χ1v) is 5.95. The fourth-order valence-corrected chi connectivity index (χ4v) is 2.23. The van der Waals surface area contributed by atoms with Crippen molar-refractivity contribution in [1.82, 2.24) is 0 Å². The highest BCUT2D eigenvalue weighted by atomic mass is 35.5. The summed E-state index contributed by atoms with van der Waals surface area (Å²) in [6, 6.07) is 5.26. The molecule has 0 aliphatic heterocycles. The topological polar surface area (TPSA) is 35.2 Å². The van der Waals surface area contributed by atoms with E-state index in [1.165, 1.54) is 0 Å². The first-order valence-electron chi connectivity index (χ1n) is 5.19. The molecule has 16 heavy (non-hydrogen) atoms. The van der Waals surface area contributed by atoms with Crippen LogP contribution in [0, 0.1) is 0 Å². The van der Waals surface area contributed by atoms with Crippen molar-refractivity contribution in [3.63, 3.8) is 0 Å². The van der Waals surface area contributed by atoms with Gasteiger partial charge in [0.15, 0.2) is 0 Å². The molecule has 0 fully saturated rings. The van der Waals surface area contributed by atoms with E-state index in [2.05, 4.69) is 0 Å². The number of hydrogen-bond donors (Lipinski definition) is 1. The van der Waals surface area contributed by atoms with Gasteiger partial charge in [-0.3, -0.25) is 0 Å². The van der Waals surface area contributed by atoms with Gasteiger partial charge in [-0.1, -0.05) is 23.2 Å². The summed E-state index contributed by atoms with van der Waals surface area (Å²) in [7, 11) is 0. The third-order valence-electron chi connectivity index (χ3n) is 2.04. The van der Waals surface area contributed by atoms with Gasteiger partial charge in [-0.25, -0.2) is 0 Å². The minimum absolute atomic E-state index is 0.0876. The van der Waals surface area contributed by atoms with Crippen molar-refractivity contribution in [3.8, 4) is 5.75 Å². The van der Waals surface area contributed by atoms with Crippen molar-refractivity contribution in [2.45, 2.75) is 38.8 Å². The van der Waals surface area contributed by atoms with Gasteiger partial charge in [0, 0.05) is 22.5 Å². The van der Waals surface area contributed by atoms with E-state index in [-0.39, 0.29) is 11.6 Å². The van der Waals surface area contributed by atoms with Gasteiger partial charge >= 0.3 is 0 Å². The number of halogens is 2. The van der Waals surface area contributed by atoms with Crippen molar-refractivity contribution in [2.75, 3.05) is 0 Å². The van der Waals surface area contributed by atoms with Crippen LogP contribution >= 0.6 is 23.2 Å². The number of ether oxygens (including phenoxy) is 1. The van der Waals surface area contributed by atoms with Crippen LogP contribution in [0.3, 0.4) is 0 Å². The van der Waals surface area contributed by atoms with Crippen LogP contribution in [0.25, 0.3) is 0 Å². The Labute approximate surface area is 107 Å². The molecule has 2 nitrogen and oxygen atoms in total. The molecular formula is C12H17Cl2NO. The molecular weight excluding hydrogens is 245 g/mol. The number of nitrogens with two attached hydrogens (primary N) is 1. The van der Waals surface area contributed by atoms with Crippen LogP contribution < -0.4 is 10.5 Å². The van der Waals surface area contributed by atoms with Gasteiger partial charge in [0.25, 0.3) is 0 Å². The molecule has 0 heterocycles. The summed E-state index contributed by atoms with van der Waals surface area (Å²) < 4.78 is 5.83. The Bertz CT molecular complexity index is 344. The van der Waals surface area contributed by atoms with E-state index in [0.717, 1.165) is 6.42 Å². The standard InChI is InChI=1S/C12H17Cl2NO/c1-8(15)7-12(2,3)16-11-5-9(13)4-10(14)6-11/h4-6,8H,7,15H2,1-3H3. The fourth-order valence-electron chi connectivity index (χ4n) is 1.72. The highest BCUT2D eigenvalue weighted by Crippen LogP contribution is 2.28. The highest BCUT2D eigenvalue weighted by molar-refractivity contribution is 6.34. The summed E-state index contributed by atoms with van der Waals surface area (Å²) in [5.41, 5.74) is 5.43. The zero-order valence-electron chi connectivity index (χ0n) is 9.76. The third kappa shape index (κ3) is 4.60. The van der Waals surface area contributed by atoms with Crippen LogP contribution in [-0.4, -0.2) is 11.6 Å². The van der Waals surface area contributed by atoms with E-state index in [4.69, 9.17) is 33.7 Å². The number of rotatable bonds is 4. The first-order chi connectivity index (χ1) is 7.28. The molecule has 0 aliphatic carbocycles. The van der Waals surface area contributed by atoms with E-state index in [0.29, 0.717) is 15.8 Å². The van der Waals surface area contributed by atoms with Gasteiger partial charge in [-0.2, -0.15) is 0 Å². The Balaban J connectivity index is 2.79. The maximum atomic E-state index is 5.90. The fraction of sp³-hybridized carbons (Fsp3) is 0.500. The Kier molecular flexibility index (Phi) is 4.48. The normalized spacial score (nSPS) is 13.6. The highest BCUT2D eigenvalue weighted by Gasteiger charge is 2.21. The summed E-state index contributed by atoms with van der Waals surface area (Å²) in [6.45, 7) is 5.94. The van der Waals surface area contributed by atoms with Crippen LogP contribution in [0.4, 0.5) is 0 Å². The Morgan fingerprint density at radius 2 is 1.75 bits per heavy atom. The molecule has 2 N–H and O–H groups in total. The minimum Gasteiger partial charge on any atom is -0.488 e. The summed E-state index contributed by atoms with van der Waals surface area (Å²) in [6.07, 6.45) is 0.761. The predicted molar refractivity (Wildman–Crippen MR) is 69.4 cm³/mol. The Hall–Kier alpha value is -0.440. The van der Waals surface area contributed by atoms with Gasteiger partial charge in [-0.15, -0.1) is 0 Å². The van der Waals surface area contributed by atoms with E-state index >= 15 is 0 Å². The van der Waals surface area contributed by atoms with Gasteiger partial charge in [0.2, 0.25) is 0 Å². The van der Waals surface area contributed by atoms with E-state index in [1.807, 2.05) is 20.8 Å². The molecule has 0 radical (unpaired) electrons. The van der Waals surface area contributed by atoms with Crippen molar-refractivity contribution >= 4 is 23.2 Å². The SMILES string of the molecule is CC(N)CC(C)(C)Oc1cc(Cl)cc(Cl)c1. The largest absolute Gasteiger partial charge is 0.488 e.